The summed E-state index contributed by atoms with van der Waals surface area (Å²) in [6.45, 7) is 4.10. The van der Waals surface area contributed by atoms with E-state index in [1.165, 1.54) is 11.3 Å². The smallest absolute Gasteiger partial charge is 0.427 e. The van der Waals surface area contributed by atoms with Gasteiger partial charge in [-0.3, -0.25) is 0 Å². The molecule has 1 aromatic carbocycles. The van der Waals surface area contributed by atoms with Crippen LogP contribution in [0.5, 0.6) is 0 Å². The van der Waals surface area contributed by atoms with E-state index in [-0.39, 0.29) is 0 Å². The van der Waals surface area contributed by atoms with Gasteiger partial charge in [0.1, 0.15) is 0 Å². The number of benzene rings is 1. The first-order valence-electron chi connectivity index (χ1n) is 7.27. The molecule has 1 aliphatic rings. The van der Waals surface area contributed by atoms with Crippen LogP contribution < -0.4 is 4.90 Å². The minimum atomic E-state index is -1.18. The molecule has 0 aromatic heterocycles. The van der Waals surface area contributed by atoms with Crippen LogP contribution in [0, 0.1) is 11.3 Å². The molecule has 0 fully saturated rings. The third-order valence-electron chi connectivity index (χ3n) is 3.92. The van der Waals surface area contributed by atoms with Gasteiger partial charge in [-0.25, -0.2) is 0 Å². The van der Waals surface area contributed by atoms with Gasteiger partial charge in [-0.2, -0.15) is 5.26 Å². The second-order valence-corrected chi connectivity index (χ2v) is 5.53. The van der Waals surface area contributed by atoms with Crippen LogP contribution in [0.3, 0.4) is 0 Å². The van der Waals surface area contributed by atoms with Crippen molar-refractivity contribution in [2.75, 3.05) is 18.0 Å². The summed E-state index contributed by atoms with van der Waals surface area (Å²) in [6.07, 6.45) is 3.32. The molecule has 0 radical (unpaired) electrons. The normalized spacial score (nSPS) is 16.9. The van der Waals surface area contributed by atoms with Gasteiger partial charge in [0.05, 0.1) is 11.6 Å². The van der Waals surface area contributed by atoms with E-state index in [0.29, 0.717) is 12.2 Å². The maximum atomic E-state index is 9.19. The van der Waals surface area contributed by atoms with E-state index in [1.54, 1.807) is 0 Å². The Balaban J connectivity index is 1.92. The van der Waals surface area contributed by atoms with E-state index in [9.17, 15) is 5.26 Å². The average Bonchev–Trinajstić information content (AvgIpc) is 2.75. The number of nitrogens with zero attached hydrogens (tertiary/aromatic N) is 2. The Kier molecular flexibility index (Phi) is 5.05. The van der Waals surface area contributed by atoms with E-state index in [1.807, 2.05) is 12.1 Å². The lowest BCUT2D eigenvalue weighted by atomic mass is 9.83. The lowest BCUT2D eigenvalue weighted by molar-refractivity contribution is 0.401. The van der Waals surface area contributed by atoms with Crippen molar-refractivity contribution in [1.82, 2.24) is 0 Å². The number of nitriles is 1. The Morgan fingerprint density at radius 1 is 1.35 bits per heavy atom. The molecule has 4 nitrogen and oxygen atoms in total. The Morgan fingerprint density at radius 3 is 2.85 bits per heavy atom. The first-order chi connectivity index (χ1) is 9.63. The number of hydrogen-bond acceptors (Lipinski definition) is 4. The van der Waals surface area contributed by atoms with E-state index < -0.39 is 7.12 Å². The zero-order valence-corrected chi connectivity index (χ0v) is 11.9. The fourth-order valence-corrected chi connectivity index (χ4v) is 2.98. The third-order valence-corrected chi connectivity index (χ3v) is 3.92. The van der Waals surface area contributed by atoms with E-state index in [2.05, 4.69) is 24.0 Å². The summed E-state index contributed by atoms with van der Waals surface area (Å²) in [6, 6.07) is 8.22. The van der Waals surface area contributed by atoms with Gasteiger partial charge in [0, 0.05) is 24.7 Å². The summed E-state index contributed by atoms with van der Waals surface area (Å²) in [5.74, 6) is 0.403. The molecule has 0 saturated heterocycles. The van der Waals surface area contributed by atoms with Crippen LogP contribution in [0.2, 0.25) is 6.32 Å². The molecular weight excluding hydrogens is 251 g/mol. The fraction of sp³-hybridized carbons (Fsp3) is 0.533. The van der Waals surface area contributed by atoms with Gasteiger partial charge < -0.3 is 14.9 Å². The van der Waals surface area contributed by atoms with Crippen LogP contribution >= 0.6 is 0 Å². The van der Waals surface area contributed by atoms with Gasteiger partial charge in [0.2, 0.25) is 0 Å². The van der Waals surface area contributed by atoms with Crippen LogP contribution in [0.15, 0.2) is 18.2 Å². The highest BCUT2D eigenvalue weighted by atomic mass is 16.4. The van der Waals surface area contributed by atoms with Crippen molar-refractivity contribution in [3.8, 4) is 6.07 Å². The van der Waals surface area contributed by atoms with E-state index in [0.717, 1.165) is 37.9 Å². The summed E-state index contributed by atoms with van der Waals surface area (Å²) < 4.78 is 0. The van der Waals surface area contributed by atoms with Gasteiger partial charge in [0.15, 0.2) is 0 Å². The van der Waals surface area contributed by atoms with Gasteiger partial charge in [-0.05, 0) is 30.4 Å². The SMILES string of the molecule is CC1CN(CCCCCB(O)O)c2cccc(C#N)c21. The van der Waals surface area contributed by atoms with Crippen LogP contribution in [0.1, 0.15) is 43.2 Å². The van der Waals surface area contributed by atoms with Crippen LogP contribution in [-0.2, 0) is 0 Å². The molecule has 1 heterocycles. The van der Waals surface area contributed by atoms with Crippen LogP contribution in [0.4, 0.5) is 5.69 Å². The van der Waals surface area contributed by atoms with Crippen molar-refractivity contribution >= 4 is 12.8 Å². The van der Waals surface area contributed by atoms with Crippen LogP contribution in [-0.4, -0.2) is 30.3 Å². The molecule has 20 heavy (non-hydrogen) atoms. The molecule has 1 aliphatic heterocycles. The summed E-state index contributed by atoms with van der Waals surface area (Å²) in [4.78, 5) is 2.34. The van der Waals surface area contributed by atoms with Crippen molar-refractivity contribution in [2.24, 2.45) is 0 Å². The summed E-state index contributed by atoms with van der Waals surface area (Å²) in [5, 5.41) is 26.8. The molecule has 1 atom stereocenters. The molecule has 106 valence electrons. The number of hydrogen-bond donors (Lipinski definition) is 2. The van der Waals surface area contributed by atoms with Gasteiger partial charge >= 0.3 is 7.12 Å². The highest BCUT2D eigenvalue weighted by molar-refractivity contribution is 6.40. The number of rotatable bonds is 6. The molecule has 5 heteroatoms. The Bertz CT molecular complexity index is 499. The van der Waals surface area contributed by atoms with Crippen molar-refractivity contribution < 1.29 is 10.0 Å². The topological polar surface area (TPSA) is 67.5 Å². The van der Waals surface area contributed by atoms with Crippen molar-refractivity contribution in [2.45, 2.75) is 38.4 Å². The van der Waals surface area contributed by atoms with E-state index in [4.69, 9.17) is 10.0 Å². The molecule has 2 rings (SSSR count). The highest BCUT2D eigenvalue weighted by Gasteiger charge is 2.27. The predicted molar refractivity (Wildman–Crippen MR) is 80.6 cm³/mol. The molecule has 0 spiro atoms. The van der Waals surface area contributed by atoms with Crippen molar-refractivity contribution in [3.05, 3.63) is 29.3 Å². The molecule has 0 bridgehead atoms. The second kappa shape index (κ2) is 6.78. The Hall–Kier alpha value is -1.51. The monoisotopic (exact) mass is 272 g/mol. The van der Waals surface area contributed by atoms with Gasteiger partial charge in [-0.1, -0.05) is 25.8 Å². The molecule has 1 aromatic rings. The Morgan fingerprint density at radius 2 is 2.15 bits per heavy atom. The minimum Gasteiger partial charge on any atom is -0.427 e. The third kappa shape index (κ3) is 3.33. The zero-order valence-electron chi connectivity index (χ0n) is 11.9. The second-order valence-electron chi connectivity index (χ2n) is 5.53. The maximum Gasteiger partial charge on any atom is 0.451 e. The van der Waals surface area contributed by atoms with Crippen molar-refractivity contribution in [1.29, 1.82) is 5.26 Å². The number of fused-ring (bicyclic) bond motifs is 1. The van der Waals surface area contributed by atoms with Crippen LogP contribution in [0.25, 0.3) is 0 Å². The number of unbranched alkanes of at least 4 members (excludes halogenated alkanes) is 2. The minimum absolute atomic E-state index is 0.403. The molecule has 0 aliphatic carbocycles. The highest BCUT2D eigenvalue weighted by Crippen LogP contribution is 2.38. The fourth-order valence-electron chi connectivity index (χ4n) is 2.98. The number of anilines is 1. The van der Waals surface area contributed by atoms with Crippen molar-refractivity contribution in [3.63, 3.8) is 0 Å². The molecule has 0 saturated carbocycles. The largest absolute Gasteiger partial charge is 0.451 e. The lowest BCUT2D eigenvalue weighted by Crippen LogP contribution is -2.22. The average molecular weight is 272 g/mol. The molecule has 2 N–H and O–H groups in total. The molecular formula is C15H21BN2O2. The lowest BCUT2D eigenvalue weighted by Gasteiger charge is -2.19. The zero-order chi connectivity index (χ0) is 14.5. The predicted octanol–water partition coefficient (Wildman–Crippen LogP) is 2.12. The molecule has 0 amide bonds. The van der Waals surface area contributed by atoms with E-state index >= 15 is 0 Å². The van der Waals surface area contributed by atoms with Gasteiger partial charge in [0.25, 0.3) is 0 Å². The van der Waals surface area contributed by atoms with Gasteiger partial charge in [-0.15, -0.1) is 0 Å². The standard InChI is InChI=1S/C15H21BN2O2/c1-12-11-18(9-4-2-3-8-16(19)20)14-7-5-6-13(10-17)15(12)14/h5-7,12,19-20H,2-4,8-9,11H2,1H3. The quantitative estimate of drug-likeness (QED) is 0.615. The maximum absolute atomic E-state index is 9.19. The Labute approximate surface area is 120 Å². The first-order valence-corrected chi connectivity index (χ1v) is 7.27. The summed E-state index contributed by atoms with van der Waals surface area (Å²) in [7, 11) is -1.18. The summed E-state index contributed by atoms with van der Waals surface area (Å²) >= 11 is 0. The first kappa shape index (κ1) is 14.9. The molecule has 1 unspecified atom stereocenters. The summed E-state index contributed by atoms with van der Waals surface area (Å²) in [5.41, 5.74) is 3.17.